The number of hydrogen-bond donors (Lipinski definition) is 1. The molecule has 5 heteroatoms. The summed E-state index contributed by atoms with van der Waals surface area (Å²) in [6, 6.07) is 0. The van der Waals surface area contributed by atoms with Crippen molar-refractivity contribution in [2.45, 2.75) is 33.1 Å². The van der Waals surface area contributed by atoms with Crippen LogP contribution in [-0.4, -0.2) is 24.1 Å². The molecule has 0 unspecified atom stereocenters. The number of aromatic nitrogens is 1. The summed E-state index contributed by atoms with van der Waals surface area (Å²) >= 11 is 1.45. The summed E-state index contributed by atoms with van der Waals surface area (Å²) in [5.74, 6) is 0.317. The van der Waals surface area contributed by atoms with Crippen molar-refractivity contribution in [3.63, 3.8) is 0 Å². The van der Waals surface area contributed by atoms with E-state index in [1.54, 1.807) is 5.38 Å². The number of esters is 1. The van der Waals surface area contributed by atoms with Gasteiger partial charge in [0.25, 0.3) is 0 Å². The topological polar surface area (TPSA) is 65.2 Å². The number of thiazole rings is 1. The second kappa shape index (κ2) is 7.40. The fourth-order valence-corrected chi connectivity index (χ4v) is 2.16. The van der Waals surface area contributed by atoms with Gasteiger partial charge in [-0.1, -0.05) is 13.8 Å². The summed E-state index contributed by atoms with van der Waals surface area (Å²) in [5, 5.41) is 2.62. The Morgan fingerprint density at radius 2 is 2.35 bits per heavy atom. The number of carbonyl (C=O) groups is 1. The van der Waals surface area contributed by atoms with Crippen molar-refractivity contribution in [3.05, 3.63) is 16.1 Å². The summed E-state index contributed by atoms with van der Waals surface area (Å²) in [6.07, 6.45) is 2.69. The van der Waals surface area contributed by atoms with Gasteiger partial charge in [0, 0.05) is 11.8 Å². The zero-order valence-electron chi connectivity index (χ0n) is 10.4. The average Bonchev–Trinajstić information content (AvgIpc) is 2.73. The van der Waals surface area contributed by atoms with Gasteiger partial charge < -0.3 is 10.5 Å². The first kappa shape index (κ1) is 14.1. The monoisotopic (exact) mass is 256 g/mol. The fraction of sp³-hybridized carbons (Fsp3) is 0.667. The van der Waals surface area contributed by atoms with Crippen molar-refractivity contribution < 1.29 is 9.53 Å². The van der Waals surface area contributed by atoms with Crippen LogP contribution in [0.1, 0.15) is 42.2 Å². The van der Waals surface area contributed by atoms with E-state index >= 15 is 0 Å². The van der Waals surface area contributed by atoms with Crippen LogP contribution in [0, 0.1) is 5.92 Å². The van der Waals surface area contributed by atoms with Crippen molar-refractivity contribution in [1.82, 2.24) is 4.98 Å². The maximum absolute atomic E-state index is 11.6. The van der Waals surface area contributed by atoms with Gasteiger partial charge in [-0.05, 0) is 25.3 Å². The molecule has 2 N–H and O–H groups in total. The first-order valence-corrected chi connectivity index (χ1v) is 6.83. The maximum Gasteiger partial charge on any atom is 0.357 e. The van der Waals surface area contributed by atoms with Gasteiger partial charge in [-0.15, -0.1) is 11.3 Å². The van der Waals surface area contributed by atoms with Gasteiger partial charge in [-0.2, -0.15) is 0 Å². The number of hydrogen-bond acceptors (Lipinski definition) is 5. The Hall–Kier alpha value is -0.940. The normalized spacial score (nSPS) is 10.8. The van der Waals surface area contributed by atoms with Crippen LogP contribution in [0.25, 0.3) is 0 Å². The SMILES string of the molecule is CC(C)CCCOC(=O)c1csc(CCN)n1. The summed E-state index contributed by atoms with van der Waals surface area (Å²) < 4.78 is 5.14. The van der Waals surface area contributed by atoms with Crippen molar-refractivity contribution in [2.24, 2.45) is 11.7 Å². The van der Waals surface area contributed by atoms with Gasteiger partial charge in [-0.25, -0.2) is 9.78 Å². The quantitative estimate of drug-likeness (QED) is 0.600. The van der Waals surface area contributed by atoms with Gasteiger partial charge in [0.2, 0.25) is 0 Å². The van der Waals surface area contributed by atoms with Crippen molar-refractivity contribution >= 4 is 17.3 Å². The van der Waals surface area contributed by atoms with E-state index in [9.17, 15) is 4.79 Å². The second-order valence-corrected chi connectivity index (χ2v) is 5.28. The van der Waals surface area contributed by atoms with Crippen molar-refractivity contribution in [1.29, 1.82) is 0 Å². The zero-order chi connectivity index (χ0) is 12.7. The lowest BCUT2D eigenvalue weighted by Crippen LogP contribution is -2.08. The Labute approximate surface area is 106 Å². The fourth-order valence-electron chi connectivity index (χ4n) is 1.37. The highest BCUT2D eigenvalue weighted by Crippen LogP contribution is 2.11. The molecule has 0 bridgehead atoms. The highest BCUT2D eigenvalue weighted by atomic mass is 32.1. The molecule has 0 atom stereocenters. The molecule has 0 radical (unpaired) electrons. The molecule has 0 fully saturated rings. The molecule has 1 aromatic heterocycles. The molecule has 1 heterocycles. The summed E-state index contributed by atoms with van der Waals surface area (Å²) in [5.41, 5.74) is 5.83. The lowest BCUT2D eigenvalue weighted by molar-refractivity contribution is 0.0488. The Balaban J connectivity index is 2.31. The molecule has 0 aromatic carbocycles. The van der Waals surface area contributed by atoms with E-state index in [0.29, 0.717) is 31.2 Å². The van der Waals surface area contributed by atoms with Gasteiger partial charge in [-0.3, -0.25) is 0 Å². The molecule has 4 nitrogen and oxygen atoms in total. The zero-order valence-corrected chi connectivity index (χ0v) is 11.3. The first-order chi connectivity index (χ1) is 8.13. The number of nitrogens with two attached hydrogens (primary N) is 1. The Bertz CT molecular complexity index is 350. The summed E-state index contributed by atoms with van der Waals surface area (Å²) in [7, 11) is 0. The van der Waals surface area contributed by atoms with E-state index in [-0.39, 0.29) is 5.97 Å². The van der Waals surface area contributed by atoms with Crippen molar-refractivity contribution in [2.75, 3.05) is 13.2 Å². The average molecular weight is 256 g/mol. The molecule has 0 spiro atoms. The van der Waals surface area contributed by atoms with Crippen LogP contribution in [0.2, 0.25) is 0 Å². The second-order valence-electron chi connectivity index (χ2n) is 4.34. The molecule has 0 aliphatic carbocycles. The number of carbonyl (C=O) groups excluding carboxylic acids is 1. The molecular formula is C12H20N2O2S. The molecule has 1 aromatic rings. The lowest BCUT2D eigenvalue weighted by atomic mass is 10.1. The minimum Gasteiger partial charge on any atom is -0.461 e. The third kappa shape index (κ3) is 5.28. The first-order valence-electron chi connectivity index (χ1n) is 5.95. The van der Waals surface area contributed by atoms with Crippen LogP contribution in [-0.2, 0) is 11.2 Å². The minimum absolute atomic E-state index is 0.326. The van der Waals surface area contributed by atoms with E-state index in [4.69, 9.17) is 10.5 Å². The highest BCUT2D eigenvalue weighted by molar-refractivity contribution is 7.09. The van der Waals surface area contributed by atoms with Crippen LogP contribution in [0.15, 0.2) is 5.38 Å². The van der Waals surface area contributed by atoms with Crippen LogP contribution in [0.5, 0.6) is 0 Å². The largest absolute Gasteiger partial charge is 0.461 e. The van der Waals surface area contributed by atoms with Crippen LogP contribution in [0.3, 0.4) is 0 Å². The molecular weight excluding hydrogens is 236 g/mol. The molecule has 96 valence electrons. The molecule has 0 saturated carbocycles. The maximum atomic E-state index is 11.6. The predicted molar refractivity (Wildman–Crippen MR) is 69.2 cm³/mol. The predicted octanol–water partition coefficient (Wildman–Crippen LogP) is 2.24. The summed E-state index contributed by atoms with van der Waals surface area (Å²) in [6.45, 7) is 5.33. The number of rotatable bonds is 7. The molecule has 1 rings (SSSR count). The van der Waals surface area contributed by atoms with Crippen LogP contribution >= 0.6 is 11.3 Å². The molecule has 0 amide bonds. The Morgan fingerprint density at radius 3 is 3.00 bits per heavy atom. The van der Waals surface area contributed by atoms with E-state index in [1.807, 2.05) is 0 Å². The highest BCUT2D eigenvalue weighted by Gasteiger charge is 2.11. The molecule has 0 saturated heterocycles. The third-order valence-electron chi connectivity index (χ3n) is 2.28. The van der Waals surface area contributed by atoms with Crippen LogP contribution in [0.4, 0.5) is 0 Å². The summed E-state index contributed by atoms with van der Waals surface area (Å²) in [4.78, 5) is 15.8. The Morgan fingerprint density at radius 1 is 1.59 bits per heavy atom. The number of nitrogens with zero attached hydrogens (tertiary/aromatic N) is 1. The van der Waals surface area contributed by atoms with Gasteiger partial charge in [0.15, 0.2) is 5.69 Å². The van der Waals surface area contributed by atoms with Crippen molar-refractivity contribution in [3.8, 4) is 0 Å². The van der Waals surface area contributed by atoms with Gasteiger partial charge in [0.05, 0.1) is 11.6 Å². The smallest absolute Gasteiger partial charge is 0.357 e. The molecule has 0 aliphatic heterocycles. The van der Waals surface area contributed by atoms with Crippen LogP contribution < -0.4 is 5.73 Å². The minimum atomic E-state index is -0.326. The van der Waals surface area contributed by atoms with Gasteiger partial charge >= 0.3 is 5.97 Å². The molecule has 17 heavy (non-hydrogen) atoms. The number of ether oxygens (including phenoxy) is 1. The lowest BCUT2D eigenvalue weighted by Gasteiger charge is -2.04. The molecule has 0 aliphatic rings. The Kier molecular flexibility index (Phi) is 6.15. The third-order valence-corrected chi connectivity index (χ3v) is 3.19. The van der Waals surface area contributed by atoms with E-state index < -0.39 is 0 Å². The van der Waals surface area contributed by atoms with E-state index in [2.05, 4.69) is 18.8 Å². The van der Waals surface area contributed by atoms with Gasteiger partial charge in [0.1, 0.15) is 0 Å². The van der Waals surface area contributed by atoms with E-state index in [1.165, 1.54) is 11.3 Å². The standard InChI is InChI=1S/C12H20N2O2S/c1-9(2)4-3-7-16-12(15)10-8-17-11(14-10)5-6-13/h8-9H,3-7,13H2,1-2H3. The van der Waals surface area contributed by atoms with E-state index in [0.717, 1.165) is 17.8 Å².